The zero-order chi connectivity index (χ0) is 13.7. The van der Waals surface area contributed by atoms with Crippen LogP contribution in [0, 0.1) is 11.8 Å². The van der Waals surface area contributed by atoms with Gasteiger partial charge in [-0.1, -0.05) is 37.8 Å². The van der Waals surface area contributed by atoms with Crippen molar-refractivity contribution in [1.29, 1.82) is 0 Å². The molecule has 0 radical (unpaired) electrons. The van der Waals surface area contributed by atoms with E-state index in [1.54, 1.807) is 12.3 Å². The Morgan fingerprint density at radius 1 is 1.53 bits per heavy atom. The van der Waals surface area contributed by atoms with E-state index in [2.05, 4.69) is 17.2 Å². The van der Waals surface area contributed by atoms with E-state index in [4.69, 9.17) is 11.6 Å². The number of aromatic nitrogens is 1. The Kier molecular flexibility index (Phi) is 5.20. The average molecular weight is 281 g/mol. The molecule has 2 unspecified atom stereocenters. The standard InChI is InChI=1S/C15H21ClN2O/c1-11-3-2-4-12(9-11)5-8-18-15(19)13-10-17-7-6-14(13)16/h6-7,10-12H,2-5,8-9H2,1H3,(H,18,19). The van der Waals surface area contributed by atoms with Crippen LogP contribution in [0.5, 0.6) is 0 Å². The number of nitrogens with zero attached hydrogens (tertiary/aromatic N) is 1. The molecule has 0 aliphatic heterocycles. The van der Waals surface area contributed by atoms with E-state index in [9.17, 15) is 4.79 Å². The van der Waals surface area contributed by atoms with E-state index >= 15 is 0 Å². The van der Waals surface area contributed by atoms with E-state index in [0.29, 0.717) is 10.6 Å². The smallest absolute Gasteiger partial charge is 0.254 e. The van der Waals surface area contributed by atoms with Gasteiger partial charge in [-0.2, -0.15) is 0 Å². The van der Waals surface area contributed by atoms with Crippen molar-refractivity contribution < 1.29 is 4.79 Å². The molecule has 3 nitrogen and oxygen atoms in total. The third-order valence-electron chi connectivity index (χ3n) is 3.90. The lowest BCUT2D eigenvalue weighted by atomic mass is 9.81. The summed E-state index contributed by atoms with van der Waals surface area (Å²) in [6.45, 7) is 3.04. The zero-order valence-electron chi connectivity index (χ0n) is 11.4. The van der Waals surface area contributed by atoms with E-state index in [0.717, 1.165) is 24.8 Å². The number of pyridine rings is 1. The van der Waals surface area contributed by atoms with E-state index in [1.165, 1.54) is 31.9 Å². The first kappa shape index (κ1) is 14.3. The van der Waals surface area contributed by atoms with Crippen LogP contribution in [0.4, 0.5) is 0 Å². The minimum Gasteiger partial charge on any atom is -0.352 e. The van der Waals surface area contributed by atoms with Gasteiger partial charge >= 0.3 is 0 Å². The van der Waals surface area contributed by atoms with E-state index in [1.807, 2.05) is 0 Å². The van der Waals surface area contributed by atoms with Crippen molar-refractivity contribution in [3.8, 4) is 0 Å². The number of carbonyl (C=O) groups is 1. The SMILES string of the molecule is CC1CCCC(CCNC(=O)c2cnccc2Cl)C1. The van der Waals surface area contributed by atoms with Crippen LogP contribution in [0.3, 0.4) is 0 Å². The van der Waals surface area contributed by atoms with Crippen LogP contribution in [-0.2, 0) is 0 Å². The maximum absolute atomic E-state index is 11.9. The van der Waals surface area contributed by atoms with Gasteiger partial charge in [0.1, 0.15) is 0 Å². The van der Waals surface area contributed by atoms with Crippen molar-refractivity contribution in [2.24, 2.45) is 11.8 Å². The molecule has 104 valence electrons. The average Bonchev–Trinajstić information content (AvgIpc) is 2.39. The minimum atomic E-state index is -0.123. The number of hydrogen-bond acceptors (Lipinski definition) is 2. The van der Waals surface area contributed by atoms with Crippen LogP contribution >= 0.6 is 11.6 Å². The summed E-state index contributed by atoms with van der Waals surface area (Å²) in [7, 11) is 0. The Balaban J connectivity index is 1.76. The first-order valence-electron chi connectivity index (χ1n) is 7.04. The molecule has 1 N–H and O–H groups in total. The summed E-state index contributed by atoms with van der Waals surface area (Å²) in [6, 6.07) is 1.64. The minimum absolute atomic E-state index is 0.123. The number of amides is 1. The third-order valence-corrected chi connectivity index (χ3v) is 4.23. The van der Waals surface area contributed by atoms with Crippen molar-refractivity contribution in [1.82, 2.24) is 10.3 Å². The van der Waals surface area contributed by atoms with Crippen LogP contribution in [0.2, 0.25) is 5.02 Å². The quantitative estimate of drug-likeness (QED) is 0.914. The van der Waals surface area contributed by atoms with Crippen molar-refractivity contribution in [2.75, 3.05) is 6.54 Å². The fourth-order valence-electron chi connectivity index (χ4n) is 2.85. The summed E-state index contributed by atoms with van der Waals surface area (Å²) in [6.07, 6.45) is 9.44. The van der Waals surface area contributed by atoms with Crippen molar-refractivity contribution in [2.45, 2.75) is 39.0 Å². The zero-order valence-corrected chi connectivity index (χ0v) is 12.1. The summed E-state index contributed by atoms with van der Waals surface area (Å²) in [5, 5.41) is 3.40. The molecule has 1 aliphatic carbocycles. The molecule has 0 saturated heterocycles. The Morgan fingerprint density at radius 2 is 2.37 bits per heavy atom. The maximum atomic E-state index is 11.9. The Labute approximate surface area is 119 Å². The van der Waals surface area contributed by atoms with Crippen LogP contribution in [0.15, 0.2) is 18.5 Å². The molecule has 0 aromatic carbocycles. The predicted molar refractivity (Wildman–Crippen MR) is 77.3 cm³/mol. The molecule has 4 heteroatoms. The van der Waals surface area contributed by atoms with Crippen LogP contribution < -0.4 is 5.32 Å². The van der Waals surface area contributed by atoms with Gasteiger partial charge in [0.05, 0.1) is 10.6 Å². The second kappa shape index (κ2) is 6.90. The molecular formula is C15H21ClN2O. The number of halogens is 1. The highest BCUT2D eigenvalue weighted by Gasteiger charge is 2.19. The predicted octanol–water partition coefficient (Wildman–Crippen LogP) is 3.68. The molecule has 1 aliphatic rings. The molecule has 1 amide bonds. The normalized spacial score (nSPS) is 23.1. The highest BCUT2D eigenvalue weighted by molar-refractivity contribution is 6.33. The fourth-order valence-corrected chi connectivity index (χ4v) is 3.04. The molecule has 1 fully saturated rings. The summed E-state index contributed by atoms with van der Waals surface area (Å²) in [4.78, 5) is 15.9. The topological polar surface area (TPSA) is 42.0 Å². The van der Waals surface area contributed by atoms with Gasteiger partial charge in [-0.15, -0.1) is 0 Å². The van der Waals surface area contributed by atoms with Gasteiger partial charge < -0.3 is 5.32 Å². The molecule has 1 aromatic heterocycles. The Morgan fingerprint density at radius 3 is 3.11 bits per heavy atom. The van der Waals surface area contributed by atoms with E-state index in [-0.39, 0.29) is 5.91 Å². The van der Waals surface area contributed by atoms with Gasteiger partial charge in [0.15, 0.2) is 0 Å². The molecule has 19 heavy (non-hydrogen) atoms. The fraction of sp³-hybridized carbons (Fsp3) is 0.600. The third kappa shape index (κ3) is 4.20. The first-order chi connectivity index (χ1) is 9.16. The maximum Gasteiger partial charge on any atom is 0.254 e. The molecule has 1 saturated carbocycles. The molecule has 0 spiro atoms. The van der Waals surface area contributed by atoms with Crippen molar-refractivity contribution >= 4 is 17.5 Å². The van der Waals surface area contributed by atoms with Crippen LogP contribution in [0.1, 0.15) is 49.4 Å². The van der Waals surface area contributed by atoms with Gasteiger partial charge in [0.25, 0.3) is 5.91 Å². The van der Waals surface area contributed by atoms with Gasteiger partial charge in [-0.05, 0) is 30.7 Å². The lowest BCUT2D eigenvalue weighted by Gasteiger charge is -2.26. The molecule has 2 atom stereocenters. The molecule has 1 aromatic rings. The Bertz CT molecular complexity index is 436. The second-order valence-electron chi connectivity index (χ2n) is 5.54. The molecule has 2 rings (SSSR count). The number of hydrogen-bond donors (Lipinski definition) is 1. The van der Waals surface area contributed by atoms with Crippen LogP contribution in [-0.4, -0.2) is 17.4 Å². The number of carbonyl (C=O) groups excluding carboxylic acids is 1. The molecular weight excluding hydrogens is 260 g/mol. The Hall–Kier alpha value is -1.09. The summed E-state index contributed by atoms with van der Waals surface area (Å²) < 4.78 is 0. The highest BCUT2D eigenvalue weighted by Crippen LogP contribution is 2.30. The highest BCUT2D eigenvalue weighted by atomic mass is 35.5. The van der Waals surface area contributed by atoms with Crippen LogP contribution in [0.25, 0.3) is 0 Å². The van der Waals surface area contributed by atoms with Crippen molar-refractivity contribution in [3.63, 3.8) is 0 Å². The largest absolute Gasteiger partial charge is 0.352 e. The summed E-state index contributed by atoms with van der Waals surface area (Å²) in [5.74, 6) is 1.47. The van der Waals surface area contributed by atoms with Crippen molar-refractivity contribution in [3.05, 3.63) is 29.0 Å². The lowest BCUT2D eigenvalue weighted by molar-refractivity contribution is 0.0949. The van der Waals surface area contributed by atoms with Gasteiger partial charge in [-0.25, -0.2) is 0 Å². The van der Waals surface area contributed by atoms with Gasteiger partial charge in [0.2, 0.25) is 0 Å². The second-order valence-corrected chi connectivity index (χ2v) is 5.95. The summed E-state index contributed by atoms with van der Waals surface area (Å²) in [5.41, 5.74) is 0.459. The van der Waals surface area contributed by atoms with Gasteiger partial charge in [0, 0.05) is 18.9 Å². The number of rotatable bonds is 4. The molecule has 1 heterocycles. The molecule has 0 bridgehead atoms. The lowest BCUT2D eigenvalue weighted by Crippen LogP contribution is -2.27. The monoisotopic (exact) mass is 280 g/mol. The summed E-state index contributed by atoms with van der Waals surface area (Å²) >= 11 is 5.97. The first-order valence-corrected chi connectivity index (χ1v) is 7.42. The number of nitrogens with one attached hydrogen (secondary N) is 1. The van der Waals surface area contributed by atoms with Gasteiger partial charge in [-0.3, -0.25) is 9.78 Å². The van der Waals surface area contributed by atoms with E-state index < -0.39 is 0 Å².